The molecule has 130 valence electrons. The molecule has 0 unspecified atom stereocenters. The number of aliphatic hydroxyl groups is 1. The minimum atomic E-state index is -0.562. The van der Waals surface area contributed by atoms with Crippen LogP contribution in [0.1, 0.15) is 15.9 Å². The molecule has 0 spiro atoms. The van der Waals surface area contributed by atoms with Crippen molar-refractivity contribution in [2.45, 2.75) is 12.6 Å². The predicted octanol–water partition coefficient (Wildman–Crippen LogP) is 2.36. The first-order chi connectivity index (χ1) is 12.0. The Bertz CT molecular complexity index is 827. The van der Waals surface area contributed by atoms with Crippen molar-refractivity contribution in [2.75, 3.05) is 18.1 Å². The summed E-state index contributed by atoms with van der Waals surface area (Å²) in [5, 5.41) is 23.6. The number of non-ortho nitro benzene ring substituents is 1. The Kier molecular flexibility index (Phi) is 4.98. The second-order valence-electron chi connectivity index (χ2n) is 5.73. The van der Waals surface area contributed by atoms with Gasteiger partial charge in [0.05, 0.1) is 22.1 Å². The molecule has 3 rings (SSSR count). The van der Waals surface area contributed by atoms with E-state index >= 15 is 0 Å². The van der Waals surface area contributed by atoms with Crippen LogP contribution in [0.15, 0.2) is 42.5 Å². The molecule has 0 saturated carbocycles. The Morgan fingerprint density at radius 2 is 2.12 bits per heavy atom. The first kappa shape index (κ1) is 17.3. The normalized spacial score (nSPS) is 16.9. The number of para-hydroxylation sites is 1. The van der Waals surface area contributed by atoms with Crippen LogP contribution in [-0.4, -0.2) is 35.1 Å². The molecule has 0 radical (unpaired) electrons. The van der Waals surface area contributed by atoms with Gasteiger partial charge in [-0.2, -0.15) is 0 Å². The van der Waals surface area contributed by atoms with Gasteiger partial charge in [0.15, 0.2) is 0 Å². The minimum Gasteiger partial charge on any atom is -0.395 e. The second-order valence-corrected chi connectivity index (χ2v) is 6.13. The predicted molar refractivity (Wildman–Crippen MR) is 93.9 cm³/mol. The van der Waals surface area contributed by atoms with Gasteiger partial charge in [0, 0.05) is 37.0 Å². The zero-order valence-corrected chi connectivity index (χ0v) is 13.9. The molecular formula is C17H16ClN3O4. The number of anilines is 1. The number of aliphatic hydroxyl groups excluding tert-OH is 1. The van der Waals surface area contributed by atoms with Crippen LogP contribution in [0.2, 0.25) is 5.02 Å². The fourth-order valence-electron chi connectivity index (χ4n) is 2.81. The van der Waals surface area contributed by atoms with Gasteiger partial charge >= 0.3 is 0 Å². The van der Waals surface area contributed by atoms with Gasteiger partial charge in [-0.15, -0.1) is 0 Å². The van der Waals surface area contributed by atoms with E-state index in [4.69, 9.17) is 11.6 Å². The first-order valence-electron chi connectivity index (χ1n) is 7.69. The van der Waals surface area contributed by atoms with Crippen molar-refractivity contribution in [2.24, 2.45) is 0 Å². The summed E-state index contributed by atoms with van der Waals surface area (Å²) in [4.78, 5) is 24.9. The number of carbonyl (C=O) groups excluding carboxylic acids is 1. The lowest BCUT2D eigenvalue weighted by Crippen LogP contribution is -2.43. The summed E-state index contributed by atoms with van der Waals surface area (Å²) in [5.41, 5.74) is 1.66. The molecule has 0 aromatic heterocycles. The molecule has 0 saturated heterocycles. The zero-order valence-electron chi connectivity index (χ0n) is 13.2. The van der Waals surface area contributed by atoms with E-state index in [0.717, 1.165) is 11.3 Å². The SMILES string of the molecule is O=C(c1ccc([N+](=O)[O-])cc1Cl)N1C[C@@H](CO)NCc2ccccc21. The Labute approximate surface area is 149 Å². The zero-order chi connectivity index (χ0) is 18.0. The third kappa shape index (κ3) is 3.48. The van der Waals surface area contributed by atoms with E-state index in [1.54, 1.807) is 4.90 Å². The standard InChI is InChI=1S/C17H16ClN3O4/c18-15-7-13(21(24)25)5-6-14(15)17(23)20-9-12(10-22)19-8-11-3-1-2-4-16(11)20/h1-7,12,19,22H,8-10H2/t12-/m0/s1. The van der Waals surface area contributed by atoms with Crippen molar-refractivity contribution in [3.63, 3.8) is 0 Å². The lowest BCUT2D eigenvalue weighted by atomic mass is 10.1. The van der Waals surface area contributed by atoms with Crippen LogP contribution < -0.4 is 10.2 Å². The maximum atomic E-state index is 13.0. The highest BCUT2D eigenvalue weighted by Crippen LogP contribution is 2.29. The van der Waals surface area contributed by atoms with Crippen LogP contribution >= 0.6 is 11.6 Å². The molecule has 1 atom stereocenters. The number of halogens is 1. The highest BCUT2D eigenvalue weighted by atomic mass is 35.5. The van der Waals surface area contributed by atoms with Crippen LogP contribution in [0, 0.1) is 10.1 Å². The number of hydrogen-bond donors (Lipinski definition) is 2. The van der Waals surface area contributed by atoms with Crippen LogP contribution in [0.5, 0.6) is 0 Å². The maximum absolute atomic E-state index is 13.0. The molecule has 1 aliphatic heterocycles. The third-order valence-electron chi connectivity index (χ3n) is 4.13. The van der Waals surface area contributed by atoms with Crippen LogP contribution in [0.4, 0.5) is 11.4 Å². The van der Waals surface area contributed by atoms with Crippen molar-refractivity contribution in [3.05, 3.63) is 68.7 Å². The summed E-state index contributed by atoms with van der Waals surface area (Å²) in [6.07, 6.45) is 0. The molecule has 1 aliphatic rings. The van der Waals surface area contributed by atoms with Crippen molar-refractivity contribution < 1.29 is 14.8 Å². The lowest BCUT2D eigenvalue weighted by molar-refractivity contribution is -0.384. The van der Waals surface area contributed by atoms with Crippen LogP contribution in [-0.2, 0) is 6.54 Å². The number of carbonyl (C=O) groups is 1. The summed E-state index contributed by atoms with van der Waals surface area (Å²) in [6, 6.07) is 10.9. The van der Waals surface area contributed by atoms with E-state index < -0.39 is 4.92 Å². The molecule has 2 N–H and O–H groups in total. The van der Waals surface area contributed by atoms with E-state index in [1.165, 1.54) is 18.2 Å². The quantitative estimate of drug-likeness (QED) is 0.646. The number of rotatable bonds is 3. The topological polar surface area (TPSA) is 95.7 Å². The van der Waals surface area contributed by atoms with Crippen molar-refractivity contribution >= 4 is 28.9 Å². The van der Waals surface area contributed by atoms with Crippen LogP contribution in [0.3, 0.4) is 0 Å². The average molecular weight is 362 g/mol. The molecular weight excluding hydrogens is 346 g/mol. The van der Waals surface area contributed by atoms with Gasteiger partial charge in [-0.05, 0) is 17.7 Å². The highest BCUT2D eigenvalue weighted by Gasteiger charge is 2.28. The Morgan fingerprint density at radius 3 is 2.80 bits per heavy atom. The molecule has 25 heavy (non-hydrogen) atoms. The van der Waals surface area contributed by atoms with E-state index in [2.05, 4.69) is 5.32 Å². The summed E-state index contributed by atoms with van der Waals surface area (Å²) in [5.74, 6) is -0.366. The van der Waals surface area contributed by atoms with E-state index in [0.29, 0.717) is 6.54 Å². The molecule has 2 aromatic carbocycles. The minimum absolute atomic E-state index is 0.0226. The summed E-state index contributed by atoms with van der Waals surface area (Å²) >= 11 is 6.11. The number of hydrogen-bond acceptors (Lipinski definition) is 5. The largest absolute Gasteiger partial charge is 0.395 e. The van der Waals surface area contributed by atoms with Gasteiger partial charge < -0.3 is 15.3 Å². The number of fused-ring (bicyclic) bond motifs is 1. The van der Waals surface area contributed by atoms with E-state index in [1.807, 2.05) is 24.3 Å². The highest BCUT2D eigenvalue weighted by molar-refractivity contribution is 6.34. The van der Waals surface area contributed by atoms with Gasteiger partial charge in [0.25, 0.3) is 11.6 Å². The van der Waals surface area contributed by atoms with Gasteiger partial charge in [-0.25, -0.2) is 0 Å². The van der Waals surface area contributed by atoms with Gasteiger partial charge in [0.2, 0.25) is 0 Å². The summed E-state index contributed by atoms with van der Waals surface area (Å²) in [6.45, 7) is 0.671. The van der Waals surface area contributed by atoms with Crippen molar-refractivity contribution in [1.82, 2.24) is 5.32 Å². The number of nitro benzene ring substituents is 1. The third-order valence-corrected chi connectivity index (χ3v) is 4.44. The fourth-order valence-corrected chi connectivity index (χ4v) is 3.07. The van der Waals surface area contributed by atoms with E-state index in [9.17, 15) is 20.0 Å². The average Bonchev–Trinajstić information content (AvgIpc) is 2.80. The monoisotopic (exact) mass is 361 g/mol. The summed E-state index contributed by atoms with van der Waals surface area (Å²) < 4.78 is 0. The molecule has 8 heteroatoms. The molecule has 0 aliphatic carbocycles. The van der Waals surface area contributed by atoms with Gasteiger partial charge in [-0.1, -0.05) is 29.8 Å². The van der Waals surface area contributed by atoms with E-state index in [-0.39, 0.29) is 41.4 Å². The maximum Gasteiger partial charge on any atom is 0.270 e. The number of nitrogens with one attached hydrogen (secondary N) is 1. The molecule has 0 fully saturated rings. The number of nitro groups is 1. The Morgan fingerprint density at radius 1 is 1.36 bits per heavy atom. The lowest BCUT2D eigenvalue weighted by Gasteiger charge is -2.25. The summed E-state index contributed by atoms with van der Waals surface area (Å²) in [7, 11) is 0. The molecule has 2 aromatic rings. The van der Waals surface area contributed by atoms with Gasteiger partial charge in [0.1, 0.15) is 0 Å². The molecule has 1 heterocycles. The molecule has 7 nitrogen and oxygen atoms in total. The fraction of sp³-hybridized carbons (Fsp3) is 0.235. The van der Waals surface area contributed by atoms with Crippen LogP contribution in [0.25, 0.3) is 0 Å². The number of amides is 1. The number of nitrogens with zero attached hydrogens (tertiary/aromatic N) is 2. The number of benzene rings is 2. The van der Waals surface area contributed by atoms with Crippen molar-refractivity contribution in [3.8, 4) is 0 Å². The Hall–Kier alpha value is -2.48. The first-order valence-corrected chi connectivity index (χ1v) is 8.07. The molecule has 0 bridgehead atoms. The molecule has 1 amide bonds. The van der Waals surface area contributed by atoms with Crippen molar-refractivity contribution in [1.29, 1.82) is 0 Å². The van der Waals surface area contributed by atoms with Gasteiger partial charge in [-0.3, -0.25) is 14.9 Å². The Balaban J connectivity index is 2.01. The second kappa shape index (κ2) is 7.18. The smallest absolute Gasteiger partial charge is 0.270 e.